The molecule has 0 aliphatic rings. The Morgan fingerprint density at radius 3 is 2.89 bits per heavy atom. The molecule has 2 heterocycles. The third-order valence-corrected chi connectivity index (χ3v) is 3.51. The molecule has 1 aromatic carbocycles. The Balaban J connectivity index is 2.39. The molecule has 2 aromatic heterocycles. The SMILES string of the molecule is [B]c1cc(-c2ccccn2)c2sc(N)nc2c1F. The van der Waals surface area contributed by atoms with Crippen LogP contribution in [0.15, 0.2) is 30.5 Å². The monoisotopic (exact) mass is 255 g/mol. The first-order chi connectivity index (χ1) is 8.66. The number of nitrogen functional groups attached to an aromatic ring is 1. The van der Waals surface area contributed by atoms with E-state index in [1.807, 2.05) is 18.2 Å². The molecule has 0 fully saturated rings. The van der Waals surface area contributed by atoms with Crippen molar-refractivity contribution in [2.45, 2.75) is 0 Å². The van der Waals surface area contributed by atoms with Crippen molar-refractivity contribution >= 4 is 40.0 Å². The summed E-state index contributed by atoms with van der Waals surface area (Å²) in [6, 6.07) is 7.08. The van der Waals surface area contributed by atoms with E-state index >= 15 is 0 Å². The van der Waals surface area contributed by atoms with Gasteiger partial charge in [-0.25, -0.2) is 9.37 Å². The van der Waals surface area contributed by atoms with Crippen LogP contribution in [0.4, 0.5) is 9.52 Å². The summed E-state index contributed by atoms with van der Waals surface area (Å²) in [5.41, 5.74) is 7.36. The van der Waals surface area contributed by atoms with E-state index in [0.717, 1.165) is 11.3 Å². The predicted octanol–water partition coefficient (Wildman–Crippen LogP) is 1.87. The van der Waals surface area contributed by atoms with Crippen molar-refractivity contribution in [2.75, 3.05) is 5.73 Å². The third-order valence-electron chi connectivity index (χ3n) is 2.59. The molecule has 0 aliphatic carbocycles. The zero-order valence-corrected chi connectivity index (χ0v) is 10.0. The lowest BCUT2D eigenvalue weighted by atomic mass is 9.92. The summed E-state index contributed by atoms with van der Waals surface area (Å²) in [6.45, 7) is 0. The molecule has 0 bridgehead atoms. The van der Waals surface area contributed by atoms with Gasteiger partial charge in [-0.2, -0.15) is 0 Å². The molecule has 2 N–H and O–H groups in total. The first-order valence-corrected chi connectivity index (χ1v) is 6.04. The van der Waals surface area contributed by atoms with E-state index in [4.69, 9.17) is 13.6 Å². The lowest BCUT2D eigenvalue weighted by Gasteiger charge is -2.05. The van der Waals surface area contributed by atoms with Crippen LogP contribution in [0.1, 0.15) is 0 Å². The molecule has 3 rings (SSSR count). The number of halogens is 1. The molecule has 18 heavy (non-hydrogen) atoms. The van der Waals surface area contributed by atoms with Gasteiger partial charge in [0, 0.05) is 11.8 Å². The second-order valence-corrected chi connectivity index (χ2v) is 4.80. The molecule has 2 radical (unpaired) electrons. The Kier molecular flexibility index (Phi) is 2.52. The van der Waals surface area contributed by atoms with Crippen LogP contribution in [0.3, 0.4) is 0 Å². The smallest absolute Gasteiger partial charge is 0.181 e. The van der Waals surface area contributed by atoms with E-state index < -0.39 is 5.82 Å². The maximum atomic E-state index is 13.9. The summed E-state index contributed by atoms with van der Waals surface area (Å²) in [7, 11) is 5.65. The summed E-state index contributed by atoms with van der Waals surface area (Å²) in [4.78, 5) is 8.21. The van der Waals surface area contributed by atoms with Crippen molar-refractivity contribution < 1.29 is 4.39 Å². The molecule has 0 saturated heterocycles. The molecule has 3 nitrogen and oxygen atoms in total. The molecular formula is C12H7BFN3S. The third kappa shape index (κ3) is 1.65. The molecule has 0 amide bonds. The van der Waals surface area contributed by atoms with E-state index in [2.05, 4.69) is 9.97 Å². The Morgan fingerprint density at radius 1 is 1.33 bits per heavy atom. The summed E-state index contributed by atoms with van der Waals surface area (Å²) >= 11 is 1.23. The molecule has 0 atom stereocenters. The fourth-order valence-electron chi connectivity index (χ4n) is 1.80. The fraction of sp³-hybridized carbons (Fsp3) is 0. The topological polar surface area (TPSA) is 51.8 Å². The van der Waals surface area contributed by atoms with Crippen molar-refractivity contribution in [1.29, 1.82) is 0 Å². The van der Waals surface area contributed by atoms with Crippen LogP contribution in [-0.2, 0) is 0 Å². The van der Waals surface area contributed by atoms with Crippen LogP contribution in [0, 0.1) is 5.82 Å². The molecular weight excluding hydrogens is 248 g/mol. The van der Waals surface area contributed by atoms with Gasteiger partial charge in [-0.1, -0.05) is 28.9 Å². The van der Waals surface area contributed by atoms with Gasteiger partial charge in [0.25, 0.3) is 0 Å². The largest absolute Gasteiger partial charge is 0.375 e. The fourth-order valence-corrected chi connectivity index (χ4v) is 2.65. The zero-order chi connectivity index (χ0) is 12.7. The second kappa shape index (κ2) is 4.06. The highest BCUT2D eigenvalue weighted by Gasteiger charge is 2.15. The van der Waals surface area contributed by atoms with Gasteiger partial charge in [0.1, 0.15) is 19.2 Å². The van der Waals surface area contributed by atoms with Gasteiger partial charge in [-0.3, -0.25) is 4.98 Å². The summed E-state index contributed by atoms with van der Waals surface area (Å²) in [5.74, 6) is -0.530. The molecule has 0 saturated carbocycles. The first kappa shape index (κ1) is 11.2. The van der Waals surface area contributed by atoms with Crippen LogP contribution < -0.4 is 11.2 Å². The summed E-state index contributed by atoms with van der Waals surface area (Å²) < 4.78 is 14.5. The maximum absolute atomic E-state index is 13.9. The van der Waals surface area contributed by atoms with Crippen molar-refractivity contribution in [3.63, 3.8) is 0 Å². The zero-order valence-electron chi connectivity index (χ0n) is 9.22. The van der Waals surface area contributed by atoms with Crippen LogP contribution >= 0.6 is 11.3 Å². The second-order valence-electron chi connectivity index (χ2n) is 3.77. The first-order valence-electron chi connectivity index (χ1n) is 5.22. The number of anilines is 1. The van der Waals surface area contributed by atoms with Crippen LogP contribution in [0.2, 0.25) is 0 Å². The normalized spacial score (nSPS) is 10.9. The molecule has 3 aromatic rings. The lowest BCUT2D eigenvalue weighted by molar-refractivity contribution is 0.645. The van der Waals surface area contributed by atoms with E-state index in [9.17, 15) is 4.39 Å². The number of nitrogens with zero attached hydrogens (tertiary/aromatic N) is 2. The van der Waals surface area contributed by atoms with Gasteiger partial charge in [0.15, 0.2) is 5.13 Å². The molecule has 0 unspecified atom stereocenters. The molecule has 6 heteroatoms. The minimum absolute atomic E-state index is 0.0495. The number of hydrogen-bond acceptors (Lipinski definition) is 4. The number of nitrogens with two attached hydrogens (primary N) is 1. The van der Waals surface area contributed by atoms with Gasteiger partial charge in [0.2, 0.25) is 0 Å². The number of thiazole rings is 1. The van der Waals surface area contributed by atoms with E-state index in [0.29, 0.717) is 9.83 Å². The molecule has 86 valence electrons. The van der Waals surface area contributed by atoms with E-state index in [1.54, 1.807) is 12.3 Å². The van der Waals surface area contributed by atoms with Gasteiger partial charge in [-0.05, 0) is 12.1 Å². The van der Waals surface area contributed by atoms with Crippen LogP contribution in [-0.4, -0.2) is 17.8 Å². The number of pyridine rings is 1. The van der Waals surface area contributed by atoms with Crippen molar-refractivity contribution in [2.24, 2.45) is 0 Å². The summed E-state index contributed by atoms with van der Waals surface area (Å²) in [5, 5.41) is 0.312. The highest BCUT2D eigenvalue weighted by molar-refractivity contribution is 7.22. The minimum Gasteiger partial charge on any atom is -0.375 e. The highest BCUT2D eigenvalue weighted by atomic mass is 32.1. The average Bonchev–Trinajstić information content (AvgIpc) is 2.77. The quantitative estimate of drug-likeness (QED) is 0.675. The number of hydrogen-bond donors (Lipinski definition) is 1. The van der Waals surface area contributed by atoms with Crippen molar-refractivity contribution in [3.05, 3.63) is 36.3 Å². The van der Waals surface area contributed by atoms with Crippen LogP contribution in [0.25, 0.3) is 21.5 Å². The minimum atomic E-state index is -0.530. The Hall–Kier alpha value is -1.95. The standard InChI is InChI=1S/C12H7BFN3S/c13-7-5-6(8-3-1-2-4-16-8)11-10(9(7)14)17-12(15)18-11/h1-5H,(H2,15,17). The number of benzene rings is 1. The Bertz CT molecular complexity index is 727. The van der Waals surface area contributed by atoms with E-state index in [1.165, 1.54) is 11.3 Å². The van der Waals surface area contributed by atoms with Gasteiger partial charge >= 0.3 is 0 Å². The highest BCUT2D eigenvalue weighted by Crippen LogP contribution is 2.33. The number of aromatic nitrogens is 2. The van der Waals surface area contributed by atoms with Gasteiger partial charge in [-0.15, -0.1) is 0 Å². The van der Waals surface area contributed by atoms with E-state index in [-0.39, 0.29) is 11.0 Å². The molecule has 0 spiro atoms. The predicted molar refractivity (Wildman–Crippen MR) is 72.6 cm³/mol. The maximum Gasteiger partial charge on any atom is 0.181 e. The van der Waals surface area contributed by atoms with Crippen molar-refractivity contribution in [3.8, 4) is 11.3 Å². The van der Waals surface area contributed by atoms with Gasteiger partial charge in [0.05, 0.1) is 10.4 Å². The Morgan fingerprint density at radius 2 is 2.17 bits per heavy atom. The lowest BCUT2D eigenvalue weighted by Crippen LogP contribution is -2.09. The van der Waals surface area contributed by atoms with Gasteiger partial charge < -0.3 is 5.73 Å². The summed E-state index contributed by atoms with van der Waals surface area (Å²) in [6.07, 6.45) is 1.67. The molecule has 0 aliphatic heterocycles. The average molecular weight is 255 g/mol. The van der Waals surface area contributed by atoms with Crippen molar-refractivity contribution in [1.82, 2.24) is 9.97 Å². The number of rotatable bonds is 1. The number of fused-ring (bicyclic) bond motifs is 1. The Labute approximate surface area is 108 Å². The van der Waals surface area contributed by atoms with Crippen LogP contribution in [0.5, 0.6) is 0 Å².